The van der Waals surface area contributed by atoms with Crippen LogP contribution in [0.4, 0.5) is 0 Å². The lowest BCUT2D eigenvalue weighted by molar-refractivity contribution is -0.154. The summed E-state index contributed by atoms with van der Waals surface area (Å²) in [6.07, 6.45) is -4.67. The Labute approximate surface area is 305 Å². The summed E-state index contributed by atoms with van der Waals surface area (Å²) >= 11 is 0. The summed E-state index contributed by atoms with van der Waals surface area (Å²) in [5.74, 6) is -1.35. The number of carboxylic acid groups (broad SMARTS) is 1. The molecule has 2 aliphatic rings. The zero-order valence-electron chi connectivity index (χ0n) is 27.8. The summed E-state index contributed by atoms with van der Waals surface area (Å²) in [4.78, 5) is 68.7. The minimum absolute atomic E-state index is 0.333. The number of phosphoric acid groups is 3. The first-order chi connectivity index (χ1) is 25.3. The molecule has 4 aromatic rings. The van der Waals surface area contributed by atoms with E-state index < -0.39 is 99.2 Å². The van der Waals surface area contributed by atoms with Gasteiger partial charge in [-0.3, -0.25) is 22.9 Å². The first kappa shape index (κ1) is 40.5. The van der Waals surface area contributed by atoms with Crippen molar-refractivity contribution in [3.63, 3.8) is 0 Å². The van der Waals surface area contributed by atoms with Gasteiger partial charge in [0.1, 0.15) is 24.0 Å². The normalized spacial score (nSPS) is 25.7. The van der Waals surface area contributed by atoms with Crippen LogP contribution < -0.4 is 5.69 Å². The van der Waals surface area contributed by atoms with Gasteiger partial charge >= 0.3 is 42.7 Å². The number of aryl methyl sites for hydroxylation is 1. The average molecular weight is 835 g/mol. The second kappa shape index (κ2) is 15.7. The molecule has 54 heavy (non-hydrogen) atoms. The third kappa shape index (κ3) is 9.78. The molecule has 2 saturated heterocycles. The molecule has 2 aromatic heterocycles. The summed E-state index contributed by atoms with van der Waals surface area (Å²) in [5, 5.41) is 8.64. The van der Waals surface area contributed by atoms with Crippen molar-refractivity contribution in [3.05, 3.63) is 94.7 Å². The Bertz CT molecular complexity index is 2280. The van der Waals surface area contributed by atoms with E-state index in [1.807, 2.05) is 31.2 Å². The molecule has 2 aromatic carbocycles. The molecular weight excluding hydrogens is 802 g/mol. The van der Waals surface area contributed by atoms with E-state index in [9.17, 15) is 47.4 Å². The molecule has 4 heterocycles. The van der Waals surface area contributed by atoms with Gasteiger partial charge in [0.25, 0.3) is 0 Å². The Morgan fingerprint density at radius 2 is 1.56 bits per heavy atom. The van der Waals surface area contributed by atoms with Gasteiger partial charge in [0.05, 0.1) is 18.5 Å². The number of nitrogens with zero attached hydrogens (tertiary/aromatic N) is 3. The first-order valence-corrected chi connectivity index (χ1v) is 22.0. The Balaban J connectivity index is 1.18. The van der Waals surface area contributed by atoms with E-state index in [0.717, 1.165) is 11.1 Å². The highest BCUT2D eigenvalue weighted by Crippen LogP contribution is 2.71. The van der Waals surface area contributed by atoms with E-state index in [4.69, 9.17) is 23.8 Å². The molecule has 2 aliphatic heterocycles. The third-order valence-corrected chi connectivity index (χ3v) is 14.4. The lowest BCUT2D eigenvalue weighted by Gasteiger charge is -2.23. The van der Waals surface area contributed by atoms with E-state index in [1.165, 1.54) is 15.2 Å². The van der Waals surface area contributed by atoms with Crippen LogP contribution in [-0.2, 0) is 54.7 Å². The Hall–Kier alpha value is -3.19. The molecule has 6 rings (SSSR count). The molecule has 0 saturated carbocycles. The quantitative estimate of drug-likeness (QED) is 0.0985. The number of rotatable bonds is 16. The number of benzene rings is 2. The molecule has 292 valence electrons. The maximum absolute atomic E-state index is 13.8. The van der Waals surface area contributed by atoms with Crippen LogP contribution >= 0.6 is 31.1 Å². The number of imidazole rings is 1. The van der Waals surface area contributed by atoms with Crippen molar-refractivity contribution in [3.8, 4) is 11.3 Å². The van der Waals surface area contributed by atoms with Crippen LogP contribution in [0.2, 0.25) is 0 Å². The van der Waals surface area contributed by atoms with Gasteiger partial charge in [0.15, 0.2) is 12.5 Å². The van der Waals surface area contributed by atoms with Crippen molar-refractivity contribution in [2.24, 2.45) is 0 Å². The van der Waals surface area contributed by atoms with Gasteiger partial charge in [-0.05, 0) is 25.5 Å². The van der Waals surface area contributed by atoms with Gasteiger partial charge in [-0.1, -0.05) is 54.1 Å². The number of carbonyl (C=O) groups is 1. The van der Waals surface area contributed by atoms with Crippen LogP contribution in [0.15, 0.2) is 77.9 Å². The summed E-state index contributed by atoms with van der Waals surface area (Å²) in [5.41, 5.74) is 2.63. The van der Waals surface area contributed by atoms with Gasteiger partial charge in [-0.2, -0.15) is 8.62 Å². The average Bonchev–Trinajstić information content (AvgIpc) is 3.77. The maximum Gasteiger partial charge on any atom is 0.490 e. The van der Waals surface area contributed by atoms with Gasteiger partial charge in [-0.25, -0.2) is 27.8 Å². The maximum atomic E-state index is 13.8. The number of fused-ring (bicyclic) bond motifs is 2. The Kier molecular flexibility index (Phi) is 11.8. The highest BCUT2D eigenvalue weighted by atomic mass is 31.3. The lowest BCUT2D eigenvalue weighted by Crippen LogP contribution is -2.35. The van der Waals surface area contributed by atoms with Crippen LogP contribution in [0.1, 0.15) is 36.5 Å². The van der Waals surface area contributed by atoms with Crippen molar-refractivity contribution in [2.75, 3.05) is 12.8 Å². The van der Waals surface area contributed by atoms with Crippen LogP contribution in [0.25, 0.3) is 16.9 Å². The molecule has 0 bridgehead atoms. The zero-order chi connectivity index (χ0) is 39.1. The summed E-state index contributed by atoms with van der Waals surface area (Å²) in [6.45, 7) is 1.01. The number of carboxylic acids is 1. The molecule has 25 heteroatoms. The lowest BCUT2D eigenvalue weighted by atomic mass is 10.1. The van der Waals surface area contributed by atoms with Crippen LogP contribution in [0.3, 0.4) is 0 Å². The monoisotopic (exact) mass is 835 g/mol. The predicted molar refractivity (Wildman–Crippen MR) is 183 cm³/mol. The molecule has 6 unspecified atom stereocenters. The van der Waals surface area contributed by atoms with Crippen molar-refractivity contribution in [1.29, 1.82) is 0 Å². The first-order valence-electron chi connectivity index (χ1n) is 15.8. The minimum atomic E-state index is -6.06. The molecular formula is C29H33N3O18P4. The van der Waals surface area contributed by atoms with Gasteiger partial charge in [0.2, 0.25) is 0 Å². The van der Waals surface area contributed by atoms with Gasteiger partial charge < -0.3 is 38.9 Å². The third-order valence-electron chi connectivity index (χ3n) is 7.93. The fourth-order valence-corrected chi connectivity index (χ4v) is 11.3. The number of hydrogen-bond acceptors (Lipinski definition) is 14. The molecule has 5 N–H and O–H groups in total. The Morgan fingerprint density at radius 1 is 0.870 bits per heavy atom. The summed E-state index contributed by atoms with van der Waals surface area (Å²) in [7, 11) is -22.8. The highest BCUT2D eigenvalue weighted by molar-refractivity contribution is 7.70. The number of aliphatic carboxylic acids is 1. The fourth-order valence-electron chi connectivity index (χ4n) is 5.71. The molecule has 0 aliphatic carbocycles. The number of ether oxygens (including phenoxy) is 3. The summed E-state index contributed by atoms with van der Waals surface area (Å²) in [6, 6.07) is 17.8. The van der Waals surface area contributed by atoms with Crippen molar-refractivity contribution >= 4 is 42.7 Å². The van der Waals surface area contributed by atoms with Gasteiger partial charge in [-0.15, -0.1) is 0 Å². The van der Waals surface area contributed by atoms with Crippen LogP contribution in [-0.4, -0.2) is 75.7 Å². The fraction of sp³-hybridized carbons (Fsp3) is 0.345. The van der Waals surface area contributed by atoms with Gasteiger partial charge in [0, 0.05) is 29.9 Å². The van der Waals surface area contributed by atoms with E-state index in [1.54, 1.807) is 42.6 Å². The van der Waals surface area contributed by atoms with E-state index in [0.29, 0.717) is 16.9 Å². The topological polar surface area (TPSA) is 290 Å². The molecule has 0 amide bonds. The minimum Gasteiger partial charge on any atom is -0.481 e. The standard InChI is InChI=1S/C29H33N3O18P4/c1-18-7-5-10-20(15-18)21-16-32-23(30-21)12-13-31(29(32)35)27-26-25(46-28(47-26)19-8-3-2-4-9-19)22(45-27)17-44-52(38,39)49-54(42,43)50-53(40,41)48-51(36,37)14-6-11-24(33)34/h2-5,7-10,12-13,15-16,22,25-28H,6,11,14,17H2,1H3,(H,33,34)(H,36,37)(H,38,39)(H,40,41)(H,42,43)/t22-,25+,26?,27-,28?/m1/s1. The van der Waals surface area contributed by atoms with E-state index in [-0.39, 0.29) is 0 Å². The van der Waals surface area contributed by atoms with Crippen LogP contribution in [0, 0.1) is 6.92 Å². The Morgan fingerprint density at radius 3 is 2.26 bits per heavy atom. The number of aromatic nitrogens is 3. The molecule has 0 spiro atoms. The number of hydrogen-bond donors (Lipinski definition) is 5. The number of phosphoric ester groups is 1. The highest BCUT2D eigenvalue weighted by Gasteiger charge is 2.55. The smallest absolute Gasteiger partial charge is 0.481 e. The van der Waals surface area contributed by atoms with Crippen molar-refractivity contribution < 1.29 is 79.4 Å². The molecule has 21 nitrogen and oxygen atoms in total. The van der Waals surface area contributed by atoms with Crippen molar-refractivity contribution in [2.45, 2.75) is 50.6 Å². The second-order valence-corrected chi connectivity index (χ2v) is 18.8. The second-order valence-electron chi connectivity index (χ2n) is 12.0. The largest absolute Gasteiger partial charge is 0.490 e. The molecule has 2 fully saturated rings. The zero-order valence-corrected chi connectivity index (χ0v) is 31.4. The van der Waals surface area contributed by atoms with Crippen molar-refractivity contribution in [1.82, 2.24) is 14.0 Å². The SMILES string of the molecule is Cc1cccc(-c2cn3c(=O)n([C@@H]4O[C@H](COP(=O)(O)OP(=O)(O)OP(=O)(O)OP(=O)(O)CCCC(=O)O)[C@@H]5OC(c6ccccc6)OC54)ccc3n2)c1. The van der Waals surface area contributed by atoms with E-state index >= 15 is 0 Å². The molecule has 0 radical (unpaired) electrons. The van der Waals surface area contributed by atoms with E-state index in [2.05, 4.69) is 17.9 Å². The summed E-state index contributed by atoms with van der Waals surface area (Å²) < 4.78 is 87.1. The molecule has 9 atom stereocenters. The predicted octanol–water partition coefficient (Wildman–Crippen LogP) is 4.27. The van der Waals surface area contributed by atoms with Crippen LogP contribution in [0.5, 0.6) is 0 Å².